The van der Waals surface area contributed by atoms with Gasteiger partial charge in [-0.05, 0) is 3.93 Å². The SMILES string of the molecule is CN(CC#CI)c1nc(CO)cs1. The van der Waals surface area contributed by atoms with Gasteiger partial charge in [0.1, 0.15) is 0 Å². The molecule has 13 heavy (non-hydrogen) atoms. The van der Waals surface area contributed by atoms with E-state index in [0.717, 1.165) is 5.13 Å². The number of hydrogen-bond acceptors (Lipinski definition) is 4. The summed E-state index contributed by atoms with van der Waals surface area (Å²) in [5, 5.41) is 11.5. The molecule has 70 valence electrons. The van der Waals surface area contributed by atoms with E-state index in [1.54, 1.807) is 0 Å². The fourth-order valence-corrected chi connectivity index (χ4v) is 1.71. The standard InChI is InChI=1S/C8H9IN2OS/c1-11(4-2-3-9)8-10-7(5-12)6-13-8/h6,12H,4-5H2,1H3. The largest absolute Gasteiger partial charge is 0.390 e. The van der Waals surface area contributed by atoms with Crippen molar-refractivity contribution in [3.05, 3.63) is 11.1 Å². The zero-order chi connectivity index (χ0) is 9.68. The molecule has 0 saturated carbocycles. The second kappa shape index (κ2) is 5.42. The summed E-state index contributed by atoms with van der Waals surface area (Å²) in [6.07, 6.45) is 0. The van der Waals surface area contributed by atoms with Gasteiger partial charge in [0, 0.05) is 35.0 Å². The fraction of sp³-hybridized carbons (Fsp3) is 0.375. The van der Waals surface area contributed by atoms with Crippen LogP contribution in [0.5, 0.6) is 0 Å². The van der Waals surface area contributed by atoms with Crippen LogP contribution >= 0.6 is 33.9 Å². The third-order valence-electron chi connectivity index (χ3n) is 1.41. The van der Waals surface area contributed by atoms with Crippen molar-refractivity contribution in [1.29, 1.82) is 0 Å². The number of rotatable bonds is 3. The molecule has 0 aliphatic heterocycles. The molecule has 5 heteroatoms. The molecule has 0 radical (unpaired) electrons. The van der Waals surface area contributed by atoms with Crippen LogP contribution in [0.4, 0.5) is 5.13 Å². The molecule has 1 aromatic heterocycles. The monoisotopic (exact) mass is 308 g/mol. The molecule has 0 aromatic carbocycles. The number of anilines is 1. The first-order chi connectivity index (χ1) is 6.27. The van der Waals surface area contributed by atoms with Crippen molar-refractivity contribution >= 4 is 39.1 Å². The Morgan fingerprint density at radius 2 is 2.54 bits per heavy atom. The van der Waals surface area contributed by atoms with Crippen LogP contribution in [0, 0.1) is 9.85 Å². The summed E-state index contributed by atoms with van der Waals surface area (Å²) in [5.41, 5.74) is 0.717. The topological polar surface area (TPSA) is 36.4 Å². The predicted molar refractivity (Wildman–Crippen MR) is 63.1 cm³/mol. The summed E-state index contributed by atoms with van der Waals surface area (Å²) in [6, 6.07) is 0. The van der Waals surface area contributed by atoms with Crippen LogP contribution in [-0.2, 0) is 6.61 Å². The summed E-state index contributed by atoms with van der Waals surface area (Å²) in [7, 11) is 1.93. The summed E-state index contributed by atoms with van der Waals surface area (Å²) in [5.74, 6) is 2.94. The maximum absolute atomic E-state index is 8.81. The molecule has 0 bridgehead atoms. The Morgan fingerprint density at radius 3 is 3.08 bits per heavy atom. The average Bonchev–Trinajstić information content (AvgIpc) is 2.62. The summed E-state index contributed by atoms with van der Waals surface area (Å²) < 4.78 is 2.79. The van der Waals surface area contributed by atoms with E-state index in [1.165, 1.54) is 11.3 Å². The molecule has 0 aliphatic carbocycles. The molecule has 0 unspecified atom stereocenters. The highest BCUT2D eigenvalue weighted by atomic mass is 127. The highest BCUT2D eigenvalue weighted by Gasteiger charge is 2.04. The Morgan fingerprint density at radius 1 is 1.77 bits per heavy atom. The highest BCUT2D eigenvalue weighted by Crippen LogP contribution is 2.18. The van der Waals surface area contributed by atoms with E-state index >= 15 is 0 Å². The molecule has 0 spiro atoms. The minimum absolute atomic E-state index is 0.00228. The van der Waals surface area contributed by atoms with Gasteiger partial charge in [-0.3, -0.25) is 0 Å². The molecular weight excluding hydrogens is 299 g/mol. The van der Waals surface area contributed by atoms with Gasteiger partial charge in [0.2, 0.25) is 0 Å². The van der Waals surface area contributed by atoms with Crippen LogP contribution in [0.15, 0.2) is 5.38 Å². The van der Waals surface area contributed by atoms with Crippen LogP contribution in [0.3, 0.4) is 0 Å². The molecule has 0 fully saturated rings. The number of thiazole rings is 1. The van der Waals surface area contributed by atoms with Gasteiger partial charge in [0.05, 0.1) is 18.8 Å². The first-order valence-corrected chi connectivity index (χ1v) is 5.58. The highest BCUT2D eigenvalue weighted by molar-refractivity contribution is 14.1. The first-order valence-electron chi connectivity index (χ1n) is 3.63. The Bertz CT molecular complexity index is 328. The molecule has 1 heterocycles. The Balaban J connectivity index is 2.63. The van der Waals surface area contributed by atoms with Crippen molar-refractivity contribution < 1.29 is 5.11 Å². The zero-order valence-corrected chi connectivity index (χ0v) is 10.1. The van der Waals surface area contributed by atoms with Gasteiger partial charge in [-0.1, -0.05) is 5.92 Å². The lowest BCUT2D eigenvalue weighted by molar-refractivity contribution is 0.277. The quantitative estimate of drug-likeness (QED) is 0.678. The molecule has 0 saturated heterocycles. The molecule has 1 aromatic rings. The van der Waals surface area contributed by atoms with Gasteiger partial charge in [-0.2, -0.15) is 0 Å². The summed E-state index contributed by atoms with van der Waals surface area (Å²) in [6.45, 7) is 0.670. The van der Waals surface area contributed by atoms with Crippen molar-refractivity contribution in [1.82, 2.24) is 4.98 Å². The van der Waals surface area contributed by atoms with Crippen LogP contribution in [0.1, 0.15) is 5.69 Å². The van der Waals surface area contributed by atoms with Gasteiger partial charge < -0.3 is 10.0 Å². The van der Waals surface area contributed by atoms with Crippen LogP contribution in [-0.4, -0.2) is 23.7 Å². The second-order valence-electron chi connectivity index (χ2n) is 2.41. The number of hydrogen-bond donors (Lipinski definition) is 1. The van der Waals surface area contributed by atoms with Crippen molar-refractivity contribution in [2.45, 2.75) is 6.61 Å². The number of nitrogens with zero attached hydrogens (tertiary/aromatic N) is 2. The molecule has 1 rings (SSSR count). The lowest BCUT2D eigenvalue weighted by Crippen LogP contribution is -2.16. The van der Waals surface area contributed by atoms with Crippen molar-refractivity contribution in [3.63, 3.8) is 0 Å². The molecule has 1 N–H and O–H groups in total. The van der Waals surface area contributed by atoms with E-state index in [0.29, 0.717) is 12.2 Å². The van der Waals surface area contributed by atoms with Gasteiger partial charge in [0.25, 0.3) is 0 Å². The Kier molecular flexibility index (Phi) is 4.48. The number of aliphatic hydroxyl groups is 1. The number of halogens is 1. The maximum atomic E-state index is 8.81. The van der Waals surface area contributed by atoms with Crippen LogP contribution in [0.2, 0.25) is 0 Å². The van der Waals surface area contributed by atoms with Gasteiger partial charge in [-0.15, -0.1) is 11.3 Å². The lowest BCUT2D eigenvalue weighted by Gasteiger charge is -2.10. The van der Waals surface area contributed by atoms with Crippen molar-refractivity contribution in [2.75, 3.05) is 18.5 Å². The molecule has 0 aliphatic rings. The van der Waals surface area contributed by atoms with Crippen LogP contribution < -0.4 is 4.90 Å². The summed E-state index contributed by atoms with van der Waals surface area (Å²) >= 11 is 3.53. The maximum Gasteiger partial charge on any atom is 0.186 e. The van der Waals surface area contributed by atoms with E-state index in [1.807, 2.05) is 39.9 Å². The average molecular weight is 308 g/mol. The predicted octanol–water partition coefficient (Wildman–Crippen LogP) is 1.47. The summed E-state index contributed by atoms with van der Waals surface area (Å²) in [4.78, 5) is 6.16. The zero-order valence-electron chi connectivity index (χ0n) is 7.12. The lowest BCUT2D eigenvalue weighted by atomic mass is 10.5. The molecule has 3 nitrogen and oxygen atoms in total. The third kappa shape index (κ3) is 3.14. The van der Waals surface area contributed by atoms with E-state index in [2.05, 4.69) is 14.8 Å². The molecule has 0 amide bonds. The van der Waals surface area contributed by atoms with E-state index in [-0.39, 0.29) is 6.61 Å². The first kappa shape index (κ1) is 10.8. The van der Waals surface area contributed by atoms with Crippen molar-refractivity contribution in [3.8, 4) is 9.85 Å². The van der Waals surface area contributed by atoms with Gasteiger partial charge in [0.15, 0.2) is 5.13 Å². The second-order valence-corrected chi connectivity index (χ2v) is 3.78. The molecular formula is C8H9IN2OS. The van der Waals surface area contributed by atoms with Gasteiger partial charge in [-0.25, -0.2) is 4.98 Å². The van der Waals surface area contributed by atoms with E-state index in [9.17, 15) is 0 Å². The Labute approximate surface area is 94.9 Å². The Hall–Kier alpha value is -0.320. The minimum atomic E-state index is 0.00228. The smallest absolute Gasteiger partial charge is 0.186 e. The van der Waals surface area contributed by atoms with Gasteiger partial charge >= 0.3 is 0 Å². The van der Waals surface area contributed by atoms with Crippen molar-refractivity contribution in [2.24, 2.45) is 0 Å². The minimum Gasteiger partial charge on any atom is -0.390 e. The van der Waals surface area contributed by atoms with Crippen LogP contribution in [0.25, 0.3) is 0 Å². The third-order valence-corrected chi connectivity index (χ3v) is 2.80. The van der Waals surface area contributed by atoms with E-state index < -0.39 is 0 Å². The number of aliphatic hydroxyl groups excluding tert-OH is 1. The fourth-order valence-electron chi connectivity index (χ4n) is 0.760. The number of aromatic nitrogens is 1. The molecule has 0 atom stereocenters. The normalized spacial score (nSPS) is 9.15. The van der Waals surface area contributed by atoms with E-state index in [4.69, 9.17) is 5.11 Å².